The summed E-state index contributed by atoms with van der Waals surface area (Å²) in [5.74, 6) is 0. The third-order valence-electron chi connectivity index (χ3n) is 2.37. The van der Waals surface area contributed by atoms with Gasteiger partial charge in [-0.2, -0.15) is 0 Å². The number of hydrogen-bond acceptors (Lipinski definition) is 2. The quantitative estimate of drug-likeness (QED) is 0.587. The van der Waals surface area contributed by atoms with Gasteiger partial charge in [0.05, 0.1) is 17.3 Å². The largest absolute Gasteiger partial charge is 0.380 e. The van der Waals surface area contributed by atoms with Crippen LogP contribution in [-0.4, -0.2) is 26.8 Å². The minimum Gasteiger partial charge on any atom is -0.380 e. The van der Waals surface area contributed by atoms with Gasteiger partial charge in [0.1, 0.15) is 0 Å². The Labute approximate surface area is 111 Å². The van der Waals surface area contributed by atoms with Gasteiger partial charge in [0, 0.05) is 25.5 Å². The fourth-order valence-corrected chi connectivity index (χ4v) is 2.34. The average molecular weight is 307 g/mol. The number of anilines is 1. The van der Waals surface area contributed by atoms with Crippen LogP contribution >= 0.6 is 27.5 Å². The number of halogens is 2. The predicted molar refractivity (Wildman–Crippen MR) is 73.8 cm³/mol. The number of hydrogen-bond donors (Lipinski definition) is 0. The van der Waals surface area contributed by atoms with Gasteiger partial charge in [-0.1, -0.05) is 39.7 Å². The molecule has 1 aromatic rings. The lowest BCUT2D eigenvalue weighted by molar-refractivity contribution is 0.154. The van der Waals surface area contributed by atoms with Gasteiger partial charge in [0.2, 0.25) is 0 Å². The van der Waals surface area contributed by atoms with Crippen molar-refractivity contribution < 1.29 is 4.74 Å². The van der Waals surface area contributed by atoms with Crippen molar-refractivity contribution >= 4 is 33.2 Å². The van der Waals surface area contributed by atoms with Gasteiger partial charge >= 0.3 is 0 Å². The fourth-order valence-electron chi connectivity index (χ4n) is 1.55. The van der Waals surface area contributed by atoms with Crippen LogP contribution in [0, 0.1) is 0 Å². The number of nitrogens with zero attached hydrogens (tertiary/aromatic N) is 1. The van der Waals surface area contributed by atoms with E-state index < -0.39 is 0 Å². The molecule has 0 saturated heterocycles. The summed E-state index contributed by atoms with van der Waals surface area (Å²) >= 11 is 9.69. The molecule has 4 heteroatoms. The molecule has 0 atom stereocenters. The van der Waals surface area contributed by atoms with Crippen LogP contribution in [0.4, 0.5) is 5.69 Å². The van der Waals surface area contributed by atoms with Crippen molar-refractivity contribution in [3.8, 4) is 0 Å². The molecule has 90 valence electrons. The smallest absolute Gasteiger partial charge is 0.0642 e. The molecular formula is C12H17BrClNO. The van der Waals surface area contributed by atoms with Crippen LogP contribution in [-0.2, 0) is 10.1 Å². The zero-order valence-electron chi connectivity index (χ0n) is 9.67. The number of ether oxygens (including phenoxy) is 1. The van der Waals surface area contributed by atoms with E-state index >= 15 is 0 Å². The Morgan fingerprint density at radius 1 is 1.44 bits per heavy atom. The molecule has 0 bridgehead atoms. The van der Waals surface area contributed by atoms with E-state index in [9.17, 15) is 0 Å². The molecule has 0 amide bonds. The van der Waals surface area contributed by atoms with Gasteiger partial charge in [-0.3, -0.25) is 0 Å². The summed E-state index contributed by atoms with van der Waals surface area (Å²) in [5.41, 5.74) is 2.28. The zero-order chi connectivity index (χ0) is 12.0. The lowest BCUT2D eigenvalue weighted by atomic mass is 10.2. The van der Waals surface area contributed by atoms with E-state index in [0.29, 0.717) is 0 Å². The van der Waals surface area contributed by atoms with E-state index in [4.69, 9.17) is 16.3 Å². The standard InChI is InChI=1S/C12H17BrClNO/c1-3-16-8-7-15(2)12-10(9-13)5-4-6-11(12)14/h4-6H,3,7-9H2,1-2H3. The van der Waals surface area contributed by atoms with Crippen molar-refractivity contribution in [2.24, 2.45) is 0 Å². The molecular weight excluding hydrogens is 289 g/mol. The summed E-state index contributed by atoms with van der Waals surface area (Å²) in [6, 6.07) is 5.96. The second-order valence-electron chi connectivity index (χ2n) is 3.50. The van der Waals surface area contributed by atoms with Crippen molar-refractivity contribution in [1.82, 2.24) is 0 Å². The first-order valence-corrected chi connectivity index (χ1v) is 6.82. The summed E-state index contributed by atoms with van der Waals surface area (Å²) < 4.78 is 5.34. The molecule has 0 aliphatic carbocycles. The second kappa shape index (κ2) is 7.15. The highest BCUT2D eigenvalue weighted by Crippen LogP contribution is 2.30. The topological polar surface area (TPSA) is 12.5 Å². The van der Waals surface area contributed by atoms with Gasteiger partial charge in [-0.05, 0) is 18.6 Å². The second-order valence-corrected chi connectivity index (χ2v) is 4.47. The normalized spacial score (nSPS) is 10.5. The van der Waals surface area contributed by atoms with E-state index in [0.717, 1.165) is 35.8 Å². The van der Waals surface area contributed by atoms with Crippen molar-refractivity contribution in [3.63, 3.8) is 0 Å². The Morgan fingerprint density at radius 2 is 2.19 bits per heavy atom. The van der Waals surface area contributed by atoms with Gasteiger partial charge in [0.25, 0.3) is 0 Å². The maximum absolute atomic E-state index is 6.21. The number of benzene rings is 1. The molecule has 0 radical (unpaired) electrons. The summed E-state index contributed by atoms with van der Waals surface area (Å²) in [6.07, 6.45) is 0. The first-order chi connectivity index (χ1) is 7.70. The lowest BCUT2D eigenvalue weighted by Crippen LogP contribution is -2.23. The molecule has 1 rings (SSSR count). The highest BCUT2D eigenvalue weighted by Gasteiger charge is 2.10. The van der Waals surface area contributed by atoms with Crippen LogP contribution in [0.25, 0.3) is 0 Å². The summed E-state index contributed by atoms with van der Waals surface area (Å²) in [5, 5.41) is 1.60. The van der Waals surface area contributed by atoms with E-state index in [1.165, 1.54) is 5.56 Å². The van der Waals surface area contributed by atoms with Crippen LogP contribution in [0.2, 0.25) is 5.02 Å². The van der Waals surface area contributed by atoms with Crippen LogP contribution in [0.5, 0.6) is 0 Å². The van der Waals surface area contributed by atoms with Crippen molar-refractivity contribution in [1.29, 1.82) is 0 Å². The number of rotatable bonds is 6. The van der Waals surface area contributed by atoms with Gasteiger partial charge in [0.15, 0.2) is 0 Å². The van der Waals surface area contributed by atoms with E-state index in [1.54, 1.807) is 0 Å². The maximum atomic E-state index is 6.21. The Morgan fingerprint density at radius 3 is 2.81 bits per heavy atom. The highest BCUT2D eigenvalue weighted by molar-refractivity contribution is 9.08. The molecule has 0 N–H and O–H groups in total. The maximum Gasteiger partial charge on any atom is 0.0642 e. The van der Waals surface area contributed by atoms with Gasteiger partial charge in [-0.25, -0.2) is 0 Å². The summed E-state index contributed by atoms with van der Waals surface area (Å²) in [7, 11) is 2.03. The Bertz CT molecular complexity index is 333. The molecule has 16 heavy (non-hydrogen) atoms. The molecule has 2 nitrogen and oxygen atoms in total. The Balaban J connectivity index is 2.76. The van der Waals surface area contributed by atoms with Gasteiger partial charge in [-0.15, -0.1) is 0 Å². The number of alkyl halides is 1. The van der Waals surface area contributed by atoms with Crippen LogP contribution in [0.15, 0.2) is 18.2 Å². The zero-order valence-corrected chi connectivity index (χ0v) is 12.0. The molecule has 0 spiro atoms. The highest BCUT2D eigenvalue weighted by atomic mass is 79.9. The molecule has 0 fully saturated rings. The van der Waals surface area contributed by atoms with Crippen molar-refractivity contribution in [3.05, 3.63) is 28.8 Å². The van der Waals surface area contributed by atoms with Crippen LogP contribution < -0.4 is 4.90 Å². The minimum atomic E-state index is 0.722. The molecule has 0 aliphatic rings. The van der Waals surface area contributed by atoms with Crippen molar-refractivity contribution in [2.45, 2.75) is 12.3 Å². The van der Waals surface area contributed by atoms with E-state index in [1.807, 2.05) is 26.1 Å². The summed E-state index contributed by atoms with van der Waals surface area (Å²) in [6.45, 7) is 4.32. The third-order valence-corrected chi connectivity index (χ3v) is 3.28. The molecule has 0 heterocycles. The van der Waals surface area contributed by atoms with E-state index in [2.05, 4.69) is 26.9 Å². The third kappa shape index (κ3) is 3.65. The minimum absolute atomic E-state index is 0.722. The molecule has 0 saturated carbocycles. The summed E-state index contributed by atoms with van der Waals surface area (Å²) in [4.78, 5) is 2.13. The number of likely N-dealkylation sites (N-methyl/N-ethyl adjacent to an activating group) is 1. The average Bonchev–Trinajstić information content (AvgIpc) is 2.28. The molecule has 1 aromatic carbocycles. The van der Waals surface area contributed by atoms with Crippen LogP contribution in [0.3, 0.4) is 0 Å². The fraction of sp³-hybridized carbons (Fsp3) is 0.500. The predicted octanol–water partition coefficient (Wildman–Crippen LogP) is 3.71. The van der Waals surface area contributed by atoms with Crippen molar-refractivity contribution in [2.75, 3.05) is 31.7 Å². The molecule has 0 aliphatic heterocycles. The lowest BCUT2D eigenvalue weighted by Gasteiger charge is -2.23. The molecule has 0 unspecified atom stereocenters. The SMILES string of the molecule is CCOCCN(C)c1c(Cl)cccc1CBr. The first-order valence-electron chi connectivity index (χ1n) is 5.33. The Hall–Kier alpha value is -0.250. The number of para-hydroxylation sites is 1. The monoisotopic (exact) mass is 305 g/mol. The van der Waals surface area contributed by atoms with Gasteiger partial charge < -0.3 is 9.64 Å². The molecule has 0 aromatic heterocycles. The first kappa shape index (κ1) is 13.8. The van der Waals surface area contributed by atoms with E-state index in [-0.39, 0.29) is 0 Å². The Kier molecular flexibility index (Phi) is 6.17. The van der Waals surface area contributed by atoms with Crippen LogP contribution in [0.1, 0.15) is 12.5 Å².